The minimum Gasteiger partial charge on any atom is -0.0616 e. The lowest BCUT2D eigenvalue weighted by atomic mass is 9.97. The molecule has 0 amide bonds. The zero-order valence-corrected chi connectivity index (χ0v) is 9.40. The van der Waals surface area contributed by atoms with Crippen molar-refractivity contribution in [3.05, 3.63) is 60.2 Å². The van der Waals surface area contributed by atoms with E-state index < -0.39 is 0 Å². The molecule has 0 aliphatic rings. The number of fused-ring (bicyclic) bond motifs is 3. The van der Waals surface area contributed by atoms with Gasteiger partial charge in [-0.1, -0.05) is 61.5 Å². The molecule has 0 aromatic heterocycles. The third kappa shape index (κ3) is 1.30. The van der Waals surface area contributed by atoms with Gasteiger partial charge >= 0.3 is 0 Å². The summed E-state index contributed by atoms with van der Waals surface area (Å²) in [4.78, 5) is 0. The minimum absolute atomic E-state index is 1.09. The predicted octanol–water partition coefficient (Wildman–Crippen LogP) is 4.56. The summed E-state index contributed by atoms with van der Waals surface area (Å²) < 4.78 is 0. The van der Waals surface area contributed by atoms with Crippen LogP contribution in [0.15, 0.2) is 54.6 Å². The Morgan fingerprint density at radius 3 is 2.38 bits per heavy atom. The quantitative estimate of drug-likeness (QED) is 0.512. The molecule has 0 fully saturated rings. The van der Waals surface area contributed by atoms with Gasteiger partial charge < -0.3 is 0 Å². The number of aryl methyl sites for hydroxylation is 1. The van der Waals surface area contributed by atoms with Gasteiger partial charge in [-0.2, -0.15) is 0 Å². The molecule has 0 aliphatic heterocycles. The molecule has 0 spiro atoms. The molecule has 0 aliphatic carbocycles. The third-order valence-electron chi connectivity index (χ3n) is 3.24. The topological polar surface area (TPSA) is 0 Å². The first-order valence-corrected chi connectivity index (χ1v) is 5.79. The van der Waals surface area contributed by atoms with E-state index >= 15 is 0 Å². The average Bonchev–Trinajstić information content (AvgIpc) is 2.37. The minimum atomic E-state index is 1.09. The van der Waals surface area contributed by atoms with Crippen molar-refractivity contribution in [1.82, 2.24) is 0 Å². The van der Waals surface area contributed by atoms with E-state index in [1.54, 1.807) is 0 Å². The number of hydrogen-bond acceptors (Lipinski definition) is 0. The molecule has 0 saturated carbocycles. The van der Waals surface area contributed by atoms with Gasteiger partial charge in [0.25, 0.3) is 0 Å². The Morgan fingerprint density at radius 2 is 1.50 bits per heavy atom. The van der Waals surface area contributed by atoms with E-state index in [0.717, 1.165) is 6.42 Å². The van der Waals surface area contributed by atoms with Crippen molar-refractivity contribution >= 4 is 21.5 Å². The van der Waals surface area contributed by atoms with E-state index in [0.29, 0.717) is 0 Å². The molecular weight excluding hydrogens is 192 g/mol. The molecule has 0 bridgehead atoms. The van der Waals surface area contributed by atoms with Crippen LogP contribution in [0.2, 0.25) is 0 Å². The van der Waals surface area contributed by atoms with E-state index in [-0.39, 0.29) is 0 Å². The molecule has 0 atom stereocenters. The molecule has 78 valence electrons. The van der Waals surface area contributed by atoms with E-state index in [1.807, 2.05) is 0 Å². The van der Waals surface area contributed by atoms with Crippen LogP contribution in [-0.2, 0) is 6.42 Å². The van der Waals surface area contributed by atoms with Crippen LogP contribution in [0.1, 0.15) is 12.5 Å². The highest BCUT2D eigenvalue weighted by Gasteiger charge is 2.03. The Bertz CT molecular complexity index is 650. The molecule has 16 heavy (non-hydrogen) atoms. The highest BCUT2D eigenvalue weighted by atomic mass is 14.1. The fraction of sp³-hybridized carbons (Fsp3) is 0.125. The van der Waals surface area contributed by atoms with Gasteiger partial charge in [-0.25, -0.2) is 0 Å². The van der Waals surface area contributed by atoms with Gasteiger partial charge in [0.15, 0.2) is 0 Å². The van der Waals surface area contributed by atoms with Gasteiger partial charge in [0.2, 0.25) is 0 Å². The molecule has 0 heterocycles. The fourth-order valence-electron chi connectivity index (χ4n) is 2.43. The summed E-state index contributed by atoms with van der Waals surface area (Å²) in [6.45, 7) is 2.22. The van der Waals surface area contributed by atoms with Crippen molar-refractivity contribution in [1.29, 1.82) is 0 Å². The zero-order valence-electron chi connectivity index (χ0n) is 9.40. The van der Waals surface area contributed by atoms with Crippen molar-refractivity contribution in [2.24, 2.45) is 0 Å². The average molecular weight is 206 g/mol. The van der Waals surface area contributed by atoms with Crippen molar-refractivity contribution in [2.75, 3.05) is 0 Å². The summed E-state index contributed by atoms with van der Waals surface area (Å²) in [5, 5.41) is 5.47. The summed E-state index contributed by atoms with van der Waals surface area (Å²) in [6, 6.07) is 19.6. The van der Waals surface area contributed by atoms with Crippen LogP contribution in [0.25, 0.3) is 21.5 Å². The normalized spacial score (nSPS) is 11.1. The molecule has 3 aromatic carbocycles. The third-order valence-corrected chi connectivity index (χ3v) is 3.24. The largest absolute Gasteiger partial charge is 0.0616 e. The molecule has 3 rings (SSSR count). The maximum atomic E-state index is 2.23. The van der Waals surface area contributed by atoms with E-state index in [4.69, 9.17) is 0 Å². The first-order valence-electron chi connectivity index (χ1n) is 5.79. The van der Waals surface area contributed by atoms with Crippen LogP contribution in [-0.4, -0.2) is 0 Å². The lowest BCUT2D eigenvalue weighted by molar-refractivity contribution is 1.16. The van der Waals surface area contributed by atoms with Crippen LogP contribution in [0, 0.1) is 0 Å². The van der Waals surface area contributed by atoms with Gasteiger partial charge in [0.1, 0.15) is 0 Å². The van der Waals surface area contributed by atoms with E-state index in [9.17, 15) is 0 Å². The first-order chi connectivity index (χ1) is 7.90. The second-order valence-corrected chi connectivity index (χ2v) is 4.16. The molecule has 0 nitrogen and oxygen atoms in total. The van der Waals surface area contributed by atoms with Gasteiger partial charge in [-0.3, -0.25) is 0 Å². The Hall–Kier alpha value is -1.82. The number of rotatable bonds is 1. The van der Waals surface area contributed by atoms with Crippen molar-refractivity contribution in [2.45, 2.75) is 13.3 Å². The number of hydrogen-bond donors (Lipinski definition) is 0. The van der Waals surface area contributed by atoms with Crippen LogP contribution in [0.5, 0.6) is 0 Å². The monoisotopic (exact) mass is 206 g/mol. The Labute approximate surface area is 95.5 Å². The molecule has 0 N–H and O–H groups in total. The van der Waals surface area contributed by atoms with Gasteiger partial charge in [0, 0.05) is 0 Å². The van der Waals surface area contributed by atoms with Crippen LogP contribution >= 0.6 is 0 Å². The Balaban J connectivity index is 2.57. The Morgan fingerprint density at radius 1 is 0.750 bits per heavy atom. The van der Waals surface area contributed by atoms with Crippen LogP contribution < -0.4 is 0 Å². The fourth-order valence-corrected chi connectivity index (χ4v) is 2.43. The van der Waals surface area contributed by atoms with Gasteiger partial charge in [-0.15, -0.1) is 0 Å². The van der Waals surface area contributed by atoms with Crippen LogP contribution in [0.3, 0.4) is 0 Å². The predicted molar refractivity (Wildman–Crippen MR) is 70.8 cm³/mol. The smallest absolute Gasteiger partial charge is 0.00734 e. The van der Waals surface area contributed by atoms with Gasteiger partial charge in [-0.05, 0) is 33.5 Å². The molecular formula is C16H14. The van der Waals surface area contributed by atoms with Crippen molar-refractivity contribution in [3.8, 4) is 0 Å². The highest BCUT2D eigenvalue weighted by Crippen LogP contribution is 2.28. The molecule has 0 unspecified atom stereocenters. The van der Waals surface area contributed by atoms with Crippen molar-refractivity contribution in [3.63, 3.8) is 0 Å². The maximum Gasteiger partial charge on any atom is -0.00734 e. The van der Waals surface area contributed by atoms with Gasteiger partial charge in [0.05, 0.1) is 0 Å². The molecule has 3 aromatic rings. The first kappa shape index (κ1) is 9.41. The lowest BCUT2D eigenvalue weighted by Crippen LogP contribution is -1.85. The van der Waals surface area contributed by atoms with Crippen LogP contribution in [0.4, 0.5) is 0 Å². The summed E-state index contributed by atoms with van der Waals surface area (Å²) in [5.41, 5.74) is 1.44. The SMILES string of the molecule is CCc1cccc2ccc3ccccc3c12. The Kier molecular flexibility index (Phi) is 2.14. The lowest BCUT2D eigenvalue weighted by Gasteiger charge is -2.08. The highest BCUT2D eigenvalue weighted by molar-refractivity contribution is 6.09. The summed E-state index contributed by atoms with van der Waals surface area (Å²) in [5.74, 6) is 0. The summed E-state index contributed by atoms with van der Waals surface area (Å²) >= 11 is 0. The van der Waals surface area contributed by atoms with E-state index in [2.05, 4.69) is 61.5 Å². The summed E-state index contributed by atoms with van der Waals surface area (Å²) in [6.07, 6.45) is 1.09. The number of benzene rings is 3. The molecule has 0 saturated heterocycles. The molecule has 0 radical (unpaired) electrons. The van der Waals surface area contributed by atoms with E-state index in [1.165, 1.54) is 27.1 Å². The standard InChI is InChI=1S/C16H14/c1-2-12-7-5-8-14-11-10-13-6-3-4-9-15(13)16(12)14/h3-11H,2H2,1H3. The summed E-state index contributed by atoms with van der Waals surface area (Å²) in [7, 11) is 0. The molecule has 0 heteroatoms. The second-order valence-electron chi connectivity index (χ2n) is 4.16. The zero-order chi connectivity index (χ0) is 11.0. The van der Waals surface area contributed by atoms with Crippen molar-refractivity contribution < 1.29 is 0 Å². The second kappa shape index (κ2) is 3.64. The maximum absolute atomic E-state index is 2.23.